The molecule has 178 valence electrons. The Morgan fingerprint density at radius 1 is 0.971 bits per heavy atom. The first-order chi connectivity index (χ1) is 16.3. The standard InChI is InChI=1S/C26H30BNO5S/c29-26(28-25(27(30)31)16-20-9-6-10-20)23(15-19-7-2-1-3-8-19)18-34(32,33)24-14-13-21-11-4-5-12-22(21)17-24/h1-5,7-8,11-14,17,20,23,25,30-31H,6,9-10,15-16,18H2,(H,28,29). The van der Waals surface area contributed by atoms with Crippen LogP contribution in [0.2, 0.25) is 0 Å². The zero-order valence-corrected chi connectivity index (χ0v) is 19.8. The van der Waals surface area contributed by atoms with Gasteiger partial charge in [0.05, 0.1) is 22.5 Å². The van der Waals surface area contributed by atoms with Gasteiger partial charge in [-0.2, -0.15) is 0 Å². The number of fused-ring (bicyclic) bond motifs is 1. The molecule has 0 aliphatic heterocycles. The van der Waals surface area contributed by atoms with Crippen LogP contribution in [-0.4, -0.2) is 43.2 Å². The van der Waals surface area contributed by atoms with Gasteiger partial charge in [-0.3, -0.25) is 4.79 Å². The summed E-state index contributed by atoms with van der Waals surface area (Å²) in [5.41, 5.74) is 0.844. The SMILES string of the molecule is O=C(NC(CC1CCC1)B(O)O)C(Cc1ccccc1)CS(=O)(=O)c1ccc2ccccc2c1. The van der Waals surface area contributed by atoms with Gasteiger partial charge < -0.3 is 15.4 Å². The predicted octanol–water partition coefficient (Wildman–Crippen LogP) is 3.16. The molecule has 1 aliphatic carbocycles. The van der Waals surface area contributed by atoms with E-state index in [2.05, 4.69) is 5.32 Å². The molecule has 0 aromatic heterocycles. The fraction of sp³-hybridized carbons (Fsp3) is 0.346. The average molecular weight is 479 g/mol. The van der Waals surface area contributed by atoms with Crippen molar-refractivity contribution in [2.45, 2.75) is 42.9 Å². The lowest BCUT2D eigenvalue weighted by Crippen LogP contribution is -2.50. The summed E-state index contributed by atoms with van der Waals surface area (Å²) in [4.78, 5) is 13.4. The van der Waals surface area contributed by atoms with Crippen LogP contribution in [0.3, 0.4) is 0 Å². The quantitative estimate of drug-likeness (QED) is 0.388. The average Bonchev–Trinajstić information content (AvgIpc) is 2.80. The lowest BCUT2D eigenvalue weighted by molar-refractivity contribution is -0.124. The zero-order chi connectivity index (χ0) is 24.1. The molecule has 0 radical (unpaired) electrons. The largest absolute Gasteiger partial charge is 0.475 e. The maximum atomic E-state index is 13.4. The number of carbonyl (C=O) groups excluding carboxylic acids is 1. The highest BCUT2D eigenvalue weighted by molar-refractivity contribution is 7.91. The number of sulfone groups is 1. The molecule has 0 spiro atoms. The van der Waals surface area contributed by atoms with Crippen LogP contribution < -0.4 is 5.32 Å². The normalized spacial score (nSPS) is 15.9. The third-order valence-electron chi connectivity index (χ3n) is 6.70. The number of hydrogen-bond donors (Lipinski definition) is 3. The van der Waals surface area contributed by atoms with E-state index in [0.29, 0.717) is 12.3 Å². The van der Waals surface area contributed by atoms with Crippen LogP contribution in [0.5, 0.6) is 0 Å². The minimum absolute atomic E-state index is 0.172. The van der Waals surface area contributed by atoms with E-state index in [-0.39, 0.29) is 17.1 Å². The Morgan fingerprint density at radius 3 is 2.29 bits per heavy atom. The smallest absolute Gasteiger partial charge is 0.426 e. The molecule has 0 saturated heterocycles. The number of benzene rings is 3. The summed E-state index contributed by atoms with van der Waals surface area (Å²) in [6.07, 6.45) is 3.81. The van der Waals surface area contributed by atoms with Crippen molar-refractivity contribution in [2.75, 3.05) is 5.75 Å². The van der Waals surface area contributed by atoms with Gasteiger partial charge in [0.2, 0.25) is 5.91 Å². The van der Waals surface area contributed by atoms with Gasteiger partial charge in [0.1, 0.15) is 0 Å². The van der Waals surface area contributed by atoms with Crippen molar-refractivity contribution < 1.29 is 23.3 Å². The molecule has 1 aliphatic rings. The van der Waals surface area contributed by atoms with Crippen molar-refractivity contribution in [3.63, 3.8) is 0 Å². The topological polar surface area (TPSA) is 104 Å². The Bertz CT molecular complexity index is 1230. The first kappa shape index (κ1) is 24.4. The van der Waals surface area contributed by atoms with Crippen LogP contribution in [0.4, 0.5) is 0 Å². The van der Waals surface area contributed by atoms with Gasteiger partial charge in [-0.1, -0.05) is 79.9 Å². The minimum Gasteiger partial charge on any atom is -0.426 e. The number of rotatable bonds is 10. The Hall–Kier alpha value is -2.68. The highest BCUT2D eigenvalue weighted by Gasteiger charge is 2.34. The molecule has 8 heteroatoms. The molecule has 0 heterocycles. The predicted molar refractivity (Wildman–Crippen MR) is 134 cm³/mol. The second-order valence-electron chi connectivity index (χ2n) is 9.24. The van der Waals surface area contributed by atoms with Gasteiger partial charge in [-0.25, -0.2) is 8.42 Å². The Kier molecular flexibility index (Phi) is 7.71. The van der Waals surface area contributed by atoms with E-state index in [1.807, 2.05) is 54.6 Å². The fourth-order valence-corrected chi connectivity index (χ4v) is 6.06. The molecule has 3 N–H and O–H groups in total. The summed E-state index contributed by atoms with van der Waals surface area (Å²) in [7, 11) is -5.47. The maximum Gasteiger partial charge on any atom is 0.475 e. The van der Waals surface area contributed by atoms with Gasteiger partial charge >= 0.3 is 7.12 Å². The monoisotopic (exact) mass is 479 g/mol. The Labute approximate surface area is 201 Å². The highest BCUT2D eigenvalue weighted by Crippen LogP contribution is 2.31. The van der Waals surface area contributed by atoms with Gasteiger partial charge in [-0.05, 0) is 47.2 Å². The lowest BCUT2D eigenvalue weighted by atomic mass is 9.69. The van der Waals surface area contributed by atoms with Crippen LogP contribution in [0, 0.1) is 11.8 Å². The summed E-state index contributed by atoms with van der Waals surface area (Å²) >= 11 is 0. The zero-order valence-electron chi connectivity index (χ0n) is 19.0. The molecular formula is C26H30BNO5S. The molecule has 0 bridgehead atoms. The molecule has 2 unspecified atom stereocenters. The third-order valence-corrected chi connectivity index (χ3v) is 8.51. The van der Waals surface area contributed by atoms with E-state index in [0.717, 1.165) is 35.6 Å². The summed E-state index contributed by atoms with van der Waals surface area (Å²) in [6, 6.07) is 21.8. The number of amides is 1. The highest BCUT2D eigenvalue weighted by atomic mass is 32.2. The van der Waals surface area contributed by atoms with E-state index >= 15 is 0 Å². The van der Waals surface area contributed by atoms with Crippen LogP contribution >= 0.6 is 0 Å². The number of hydrogen-bond acceptors (Lipinski definition) is 5. The molecule has 1 saturated carbocycles. The second kappa shape index (κ2) is 10.7. The molecule has 3 aromatic carbocycles. The number of carbonyl (C=O) groups is 1. The summed E-state index contributed by atoms with van der Waals surface area (Å²) in [6.45, 7) is 0. The maximum absolute atomic E-state index is 13.4. The molecule has 1 fully saturated rings. The van der Waals surface area contributed by atoms with Crippen LogP contribution in [0.25, 0.3) is 10.8 Å². The van der Waals surface area contributed by atoms with Gasteiger partial charge in [0, 0.05) is 0 Å². The van der Waals surface area contributed by atoms with Crippen LogP contribution in [0.15, 0.2) is 77.7 Å². The minimum atomic E-state index is -3.77. The molecular weight excluding hydrogens is 449 g/mol. The van der Waals surface area contributed by atoms with E-state index in [9.17, 15) is 23.3 Å². The van der Waals surface area contributed by atoms with Gasteiger partial charge in [0.15, 0.2) is 9.84 Å². The third kappa shape index (κ3) is 6.06. The van der Waals surface area contributed by atoms with Crippen molar-refractivity contribution in [1.29, 1.82) is 0 Å². The lowest BCUT2D eigenvalue weighted by Gasteiger charge is -2.30. The van der Waals surface area contributed by atoms with Crippen LogP contribution in [-0.2, 0) is 21.1 Å². The molecule has 4 rings (SSSR count). The summed E-state index contributed by atoms with van der Waals surface area (Å²) in [5.74, 6) is -2.20. The van der Waals surface area contributed by atoms with E-state index in [1.165, 1.54) is 0 Å². The summed E-state index contributed by atoms with van der Waals surface area (Å²) < 4.78 is 26.7. The van der Waals surface area contributed by atoms with Crippen LogP contribution in [0.1, 0.15) is 31.2 Å². The Balaban J connectivity index is 1.57. The van der Waals surface area contributed by atoms with E-state index < -0.39 is 34.7 Å². The van der Waals surface area contributed by atoms with Crippen molar-refractivity contribution in [3.05, 3.63) is 78.4 Å². The van der Waals surface area contributed by atoms with Gasteiger partial charge in [0.25, 0.3) is 0 Å². The number of nitrogens with one attached hydrogen (secondary N) is 1. The van der Waals surface area contributed by atoms with Crippen molar-refractivity contribution in [1.82, 2.24) is 5.32 Å². The molecule has 3 aromatic rings. The first-order valence-electron chi connectivity index (χ1n) is 11.7. The van der Waals surface area contributed by atoms with E-state index in [4.69, 9.17) is 0 Å². The Morgan fingerprint density at radius 2 is 1.65 bits per heavy atom. The van der Waals surface area contributed by atoms with Crippen molar-refractivity contribution in [2.24, 2.45) is 11.8 Å². The molecule has 6 nitrogen and oxygen atoms in total. The van der Waals surface area contributed by atoms with E-state index in [1.54, 1.807) is 18.2 Å². The molecule has 2 atom stereocenters. The first-order valence-corrected chi connectivity index (χ1v) is 13.4. The molecule has 34 heavy (non-hydrogen) atoms. The van der Waals surface area contributed by atoms with Crippen molar-refractivity contribution >= 4 is 33.6 Å². The summed E-state index contributed by atoms with van der Waals surface area (Å²) in [5, 5.41) is 24.2. The second-order valence-corrected chi connectivity index (χ2v) is 11.3. The fourth-order valence-electron chi connectivity index (χ4n) is 4.49. The van der Waals surface area contributed by atoms with Crippen molar-refractivity contribution in [3.8, 4) is 0 Å². The molecule has 1 amide bonds. The van der Waals surface area contributed by atoms with Gasteiger partial charge in [-0.15, -0.1) is 0 Å².